The van der Waals surface area contributed by atoms with Gasteiger partial charge in [-0.05, 0) is 31.2 Å². The molecule has 0 aromatic carbocycles. The molecule has 2 fully saturated rings. The van der Waals surface area contributed by atoms with E-state index in [4.69, 9.17) is 0 Å². The Morgan fingerprint density at radius 1 is 1.38 bits per heavy atom. The number of nitrogens with zero attached hydrogens (tertiary/aromatic N) is 2. The summed E-state index contributed by atoms with van der Waals surface area (Å²) in [6, 6.07) is 5.52. The molecule has 1 aromatic rings. The smallest absolute Gasteiger partial charge is 0.0570 e. The van der Waals surface area contributed by atoms with Gasteiger partial charge in [0, 0.05) is 50.2 Å². The van der Waals surface area contributed by atoms with Gasteiger partial charge in [0.05, 0.1) is 12.1 Å². The molecule has 0 radical (unpaired) electrons. The van der Waals surface area contributed by atoms with Gasteiger partial charge in [-0.15, -0.1) is 11.3 Å². The minimum Gasteiger partial charge on any atom is -0.393 e. The van der Waals surface area contributed by atoms with Gasteiger partial charge in [0.25, 0.3) is 0 Å². The highest BCUT2D eigenvalue weighted by Gasteiger charge is 2.28. The molecule has 0 spiro atoms. The van der Waals surface area contributed by atoms with Crippen LogP contribution in [0.1, 0.15) is 30.7 Å². The number of piperazine rings is 1. The van der Waals surface area contributed by atoms with E-state index in [1.807, 2.05) is 11.3 Å². The summed E-state index contributed by atoms with van der Waals surface area (Å²) in [5, 5.41) is 15.4. The van der Waals surface area contributed by atoms with Gasteiger partial charge in [-0.25, -0.2) is 0 Å². The minimum absolute atomic E-state index is 0.0827. The molecule has 21 heavy (non-hydrogen) atoms. The van der Waals surface area contributed by atoms with Crippen LogP contribution in [0, 0.1) is 0 Å². The van der Waals surface area contributed by atoms with Crippen molar-refractivity contribution in [2.24, 2.45) is 0 Å². The SMILES string of the molecule is CC1CN(C(CN2CCC(O)CC2)c2cccs2)CCN1. The molecule has 2 aliphatic heterocycles. The van der Waals surface area contributed by atoms with E-state index in [9.17, 15) is 5.11 Å². The average molecular weight is 309 g/mol. The third kappa shape index (κ3) is 4.05. The van der Waals surface area contributed by atoms with E-state index in [-0.39, 0.29) is 6.10 Å². The van der Waals surface area contributed by atoms with Crippen molar-refractivity contribution in [3.63, 3.8) is 0 Å². The summed E-state index contributed by atoms with van der Waals surface area (Å²) in [4.78, 5) is 6.65. The van der Waals surface area contributed by atoms with Crippen molar-refractivity contribution in [3.05, 3.63) is 22.4 Å². The van der Waals surface area contributed by atoms with Gasteiger partial charge in [-0.1, -0.05) is 6.07 Å². The lowest BCUT2D eigenvalue weighted by molar-refractivity contribution is 0.0561. The van der Waals surface area contributed by atoms with Crippen molar-refractivity contribution in [1.29, 1.82) is 0 Å². The molecule has 2 atom stereocenters. The lowest BCUT2D eigenvalue weighted by Crippen LogP contribution is -2.52. The number of piperidine rings is 1. The van der Waals surface area contributed by atoms with Crippen LogP contribution in [0.3, 0.4) is 0 Å². The first-order chi connectivity index (χ1) is 10.2. The van der Waals surface area contributed by atoms with E-state index in [1.165, 1.54) is 4.88 Å². The van der Waals surface area contributed by atoms with Gasteiger partial charge < -0.3 is 15.3 Å². The monoisotopic (exact) mass is 309 g/mol. The molecule has 0 amide bonds. The number of thiophene rings is 1. The molecule has 2 saturated heterocycles. The lowest BCUT2D eigenvalue weighted by atomic mass is 10.1. The average Bonchev–Trinajstić information content (AvgIpc) is 3.00. The first-order valence-corrected chi connectivity index (χ1v) is 9.01. The topological polar surface area (TPSA) is 38.7 Å². The molecule has 2 N–H and O–H groups in total. The number of nitrogens with one attached hydrogen (secondary N) is 1. The van der Waals surface area contributed by atoms with Crippen LogP contribution in [-0.2, 0) is 0 Å². The quantitative estimate of drug-likeness (QED) is 0.885. The normalized spacial score (nSPS) is 27.8. The van der Waals surface area contributed by atoms with Crippen molar-refractivity contribution >= 4 is 11.3 Å². The van der Waals surface area contributed by atoms with Crippen molar-refractivity contribution in [2.75, 3.05) is 39.3 Å². The summed E-state index contributed by atoms with van der Waals surface area (Å²) in [5.74, 6) is 0. The Balaban J connectivity index is 1.67. The second-order valence-corrected chi connectivity index (χ2v) is 7.39. The van der Waals surface area contributed by atoms with Gasteiger partial charge >= 0.3 is 0 Å². The maximum atomic E-state index is 9.69. The summed E-state index contributed by atoms with van der Waals surface area (Å²) in [7, 11) is 0. The van der Waals surface area contributed by atoms with Crippen LogP contribution in [0.4, 0.5) is 0 Å². The number of aliphatic hydroxyl groups is 1. The molecule has 118 valence electrons. The van der Waals surface area contributed by atoms with Crippen molar-refractivity contribution in [2.45, 2.75) is 38.0 Å². The number of hydrogen-bond acceptors (Lipinski definition) is 5. The molecule has 3 heterocycles. The standard InChI is InChI=1S/C16H27N3OS/c1-13-11-19(9-6-17-13)15(16-3-2-10-21-16)12-18-7-4-14(20)5-8-18/h2-3,10,13-15,17,20H,4-9,11-12H2,1H3. The Morgan fingerprint density at radius 3 is 2.86 bits per heavy atom. The van der Waals surface area contributed by atoms with Crippen molar-refractivity contribution in [3.8, 4) is 0 Å². The third-order valence-electron chi connectivity index (χ3n) is 4.70. The summed E-state index contributed by atoms with van der Waals surface area (Å²) in [6.07, 6.45) is 1.77. The van der Waals surface area contributed by atoms with Crippen LogP contribution in [0.15, 0.2) is 17.5 Å². The highest BCUT2D eigenvalue weighted by atomic mass is 32.1. The molecule has 4 nitrogen and oxygen atoms in total. The summed E-state index contributed by atoms with van der Waals surface area (Å²) in [5.41, 5.74) is 0. The zero-order valence-electron chi connectivity index (χ0n) is 12.9. The molecule has 1 aromatic heterocycles. The van der Waals surface area contributed by atoms with E-state index >= 15 is 0 Å². The van der Waals surface area contributed by atoms with Crippen LogP contribution in [-0.4, -0.2) is 66.3 Å². The Morgan fingerprint density at radius 2 is 2.19 bits per heavy atom. The van der Waals surface area contributed by atoms with Crippen LogP contribution >= 0.6 is 11.3 Å². The molecule has 5 heteroatoms. The number of likely N-dealkylation sites (tertiary alicyclic amines) is 1. The molecule has 0 bridgehead atoms. The highest BCUT2D eigenvalue weighted by Crippen LogP contribution is 2.28. The van der Waals surface area contributed by atoms with Crippen LogP contribution < -0.4 is 5.32 Å². The second-order valence-electron chi connectivity index (χ2n) is 6.41. The third-order valence-corrected chi connectivity index (χ3v) is 5.67. The van der Waals surface area contributed by atoms with E-state index in [2.05, 4.69) is 39.6 Å². The molecular formula is C16H27N3OS. The lowest BCUT2D eigenvalue weighted by Gasteiger charge is -2.40. The van der Waals surface area contributed by atoms with Gasteiger partial charge in [-0.2, -0.15) is 0 Å². The fourth-order valence-corrected chi connectivity index (χ4v) is 4.31. The molecule has 0 aliphatic carbocycles. The van der Waals surface area contributed by atoms with Crippen molar-refractivity contribution in [1.82, 2.24) is 15.1 Å². The number of hydrogen-bond donors (Lipinski definition) is 2. The fourth-order valence-electron chi connectivity index (χ4n) is 3.46. The largest absolute Gasteiger partial charge is 0.393 e. The zero-order valence-corrected chi connectivity index (χ0v) is 13.7. The summed E-state index contributed by atoms with van der Waals surface area (Å²) in [6.45, 7) is 8.77. The molecule has 0 saturated carbocycles. The maximum Gasteiger partial charge on any atom is 0.0570 e. The maximum absolute atomic E-state index is 9.69. The number of rotatable bonds is 4. The first kappa shape index (κ1) is 15.4. The van der Waals surface area contributed by atoms with Gasteiger partial charge in [0.15, 0.2) is 0 Å². The predicted molar refractivity (Wildman–Crippen MR) is 87.8 cm³/mol. The highest BCUT2D eigenvalue weighted by molar-refractivity contribution is 7.10. The first-order valence-electron chi connectivity index (χ1n) is 8.13. The zero-order chi connectivity index (χ0) is 14.7. The Bertz CT molecular complexity index is 417. The second kappa shape index (κ2) is 7.20. The van der Waals surface area contributed by atoms with Gasteiger partial charge in [0.1, 0.15) is 0 Å². The Labute approximate surface area is 131 Å². The molecular weight excluding hydrogens is 282 g/mol. The van der Waals surface area contributed by atoms with Crippen LogP contribution in [0.2, 0.25) is 0 Å². The van der Waals surface area contributed by atoms with Gasteiger partial charge in [0.2, 0.25) is 0 Å². The fraction of sp³-hybridized carbons (Fsp3) is 0.750. The minimum atomic E-state index is -0.0827. The molecule has 2 unspecified atom stereocenters. The van der Waals surface area contributed by atoms with E-state index in [1.54, 1.807) is 0 Å². The van der Waals surface area contributed by atoms with E-state index in [0.29, 0.717) is 12.1 Å². The van der Waals surface area contributed by atoms with E-state index in [0.717, 1.165) is 52.1 Å². The molecule has 3 rings (SSSR count). The predicted octanol–water partition coefficient (Wildman–Crippen LogP) is 1.54. The summed E-state index contributed by atoms with van der Waals surface area (Å²) >= 11 is 1.88. The van der Waals surface area contributed by atoms with Gasteiger partial charge in [-0.3, -0.25) is 4.90 Å². The van der Waals surface area contributed by atoms with Crippen LogP contribution in [0.5, 0.6) is 0 Å². The van der Waals surface area contributed by atoms with E-state index < -0.39 is 0 Å². The number of aliphatic hydroxyl groups excluding tert-OH is 1. The molecule has 2 aliphatic rings. The Kier molecular flexibility index (Phi) is 5.29. The summed E-state index contributed by atoms with van der Waals surface area (Å²) < 4.78 is 0. The van der Waals surface area contributed by atoms with Crippen LogP contribution in [0.25, 0.3) is 0 Å². The Hall–Kier alpha value is -0.460. The van der Waals surface area contributed by atoms with Crippen molar-refractivity contribution < 1.29 is 5.11 Å².